The van der Waals surface area contributed by atoms with Crippen LogP contribution in [0, 0.1) is 0 Å². The van der Waals surface area contributed by atoms with Gasteiger partial charge in [-0.2, -0.15) is 0 Å². The van der Waals surface area contributed by atoms with Gasteiger partial charge in [0.2, 0.25) is 0 Å². The van der Waals surface area contributed by atoms with Crippen LogP contribution >= 0.6 is 0 Å². The molecule has 142 valence electrons. The number of carbonyl (C=O) groups excluding carboxylic acids is 2. The fraction of sp³-hybridized carbons (Fsp3) is 0.368. The average molecular weight is 369 g/mol. The highest BCUT2D eigenvalue weighted by Gasteiger charge is 2.17. The van der Waals surface area contributed by atoms with Crippen LogP contribution in [-0.4, -0.2) is 66.1 Å². The molecule has 0 bridgehead atoms. The topological polar surface area (TPSA) is 96.5 Å². The number of anilines is 1. The Balaban J connectivity index is 1.53. The molecule has 3 rings (SSSR count). The van der Waals surface area contributed by atoms with Gasteiger partial charge in [0.1, 0.15) is 0 Å². The van der Waals surface area contributed by atoms with Gasteiger partial charge in [-0.25, -0.2) is 9.97 Å². The van der Waals surface area contributed by atoms with Crippen LogP contribution in [0.5, 0.6) is 0 Å². The fourth-order valence-electron chi connectivity index (χ4n) is 2.78. The van der Waals surface area contributed by atoms with E-state index in [2.05, 4.69) is 25.5 Å². The molecular formula is C19H23N5O3. The number of hydrogen-bond donors (Lipinski definition) is 2. The van der Waals surface area contributed by atoms with Gasteiger partial charge in [-0.3, -0.25) is 14.5 Å². The minimum absolute atomic E-state index is 0.105. The van der Waals surface area contributed by atoms with E-state index in [9.17, 15) is 9.59 Å². The van der Waals surface area contributed by atoms with Crippen molar-refractivity contribution in [1.29, 1.82) is 0 Å². The van der Waals surface area contributed by atoms with Crippen molar-refractivity contribution in [1.82, 2.24) is 20.2 Å². The van der Waals surface area contributed by atoms with Gasteiger partial charge in [-0.05, 0) is 25.1 Å². The third kappa shape index (κ3) is 5.57. The SMILES string of the molecule is O=C(Nc1nccnc1C(=O)NCCCN1CCOCC1)c1ccccc1. The van der Waals surface area contributed by atoms with Gasteiger partial charge in [-0.15, -0.1) is 0 Å². The van der Waals surface area contributed by atoms with Crippen LogP contribution in [0.3, 0.4) is 0 Å². The second-order valence-corrected chi connectivity index (χ2v) is 6.14. The van der Waals surface area contributed by atoms with Gasteiger partial charge in [0.15, 0.2) is 11.5 Å². The van der Waals surface area contributed by atoms with Gasteiger partial charge in [0, 0.05) is 37.6 Å². The molecule has 1 aromatic heterocycles. The lowest BCUT2D eigenvalue weighted by Crippen LogP contribution is -2.38. The summed E-state index contributed by atoms with van der Waals surface area (Å²) in [5, 5.41) is 5.50. The minimum Gasteiger partial charge on any atom is -0.379 e. The van der Waals surface area contributed by atoms with Crippen molar-refractivity contribution in [3.63, 3.8) is 0 Å². The molecule has 8 heteroatoms. The van der Waals surface area contributed by atoms with Crippen LogP contribution in [0.25, 0.3) is 0 Å². The molecular weight excluding hydrogens is 346 g/mol. The summed E-state index contributed by atoms with van der Waals surface area (Å²) in [6.07, 6.45) is 3.70. The average Bonchev–Trinajstić information content (AvgIpc) is 2.73. The molecule has 1 aromatic carbocycles. The van der Waals surface area contributed by atoms with Gasteiger partial charge in [-0.1, -0.05) is 18.2 Å². The summed E-state index contributed by atoms with van der Waals surface area (Å²) in [7, 11) is 0. The van der Waals surface area contributed by atoms with Crippen LogP contribution in [0.4, 0.5) is 5.82 Å². The Hall–Kier alpha value is -2.84. The number of nitrogens with one attached hydrogen (secondary N) is 2. The number of hydrogen-bond acceptors (Lipinski definition) is 6. The second kappa shape index (κ2) is 9.75. The molecule has 2 aromatic rings. The smallest absolute Gasteiger partial charge is 0.273 e. The van der Waals surface area contributed by atoms with E-state index in [-0.39, 0.29) is 23.3 Å². The zero-order valence-electron chi connectivity index (χ0n) is 15.1. The molecule has 2 amide bonds. The van der Waals surface area contributed by atoms with Gasteiger partial charge in [0.05, 0.1) is 13.2 Å². The van der Waals surface area contributed by atoms with Gasteiger partial charge >= 0.3 is 0 Å². The number of carbonyl (C=O) groups is 2. The zero-order chi connectivity index (χ0) is 18.9. The normalized spacial score (nSPS) is 14.5. The van der Waals surface area contributed by atoms with Gasteiger partial charge < -0.3 is 15.4 Å². The van der Waals surface area contributed by atoms with E-state index < -0.39 is 0 Å². The summed E-state index contributed by atoms with van der Waals surface area (Å²) in [6, 6.07) is 8.75. The van der Waals surface area contributed by atoms with E-state index in [4.69, 9.17) is 4.74 Å². The van der Waals surface area contributed by atoms with Crippen molar-refractivity contribution in [3.8, 4) is 0 Å². The Morgan fingerprint density at radius 2 is 1.78 bits per heavy atom. The third-order valence-electron chi connectivity index (χ3n) is 4.22. The van der Waals surface area contributed by atoms with E-state index in [1.165, 1.54) is 12.4 Å². The minimum atomic E-state index is -0.353. The predicted molar refractivity (Wildman–Crippen MR) is 101 cm³/mol. The summed E-state index contributed by atoms with van der Waals surface area (Å²) in [5.41, 5.74) is 0.591. The Bertz CT molecular complexity index is 763. The van der Waals surface area contributed by atoms with Crippen molar-refractivity contribution >= 4 is 17.6 Å². The Kier molecular flexibility index (Phi) is 6.84. The van der Waals surface area contributed by atoms with Crippen LogP contribution < -0.4 is 10.6 Å². The monoisotopic (exact) mass is 369 g/mol. The van der Waals surface area contributed by atoms with E-state index in [1.807, 2.05) is 6.07 Å². The molecule has 1 aliphatic heterocycles. The summed E-state index contributed by atoms with van der Waals surface area (Å²) < 4.78 is 5.32. The first-order valence-electron chi connectivity index (χ1n) is 9.00. The fourth-order valence-corrected chi connectivity index (χ4v) is 2.78. The van der Waals surface area contributed by atoms with Crippen LogP contribution in [-0.2, 0) is 4.74 Å². The van der Waals surface area contributed by atoms with Crippen LogP contribution in [0.1, 0.15) is 27.3 Å². The zero-order valence-corrected chi connectivity index (χ0v) is 15.1. The van der Waals surface area contributed by atoms with Gasteiger partial charge in [0.25, 0.3) is 11.8 Å². The molecule has 2 heterocycles. The maximum Gasteiger partial charge on any atom is 0.273 e. The van der Waals surface area contributed by atoms with Crippen molar-refractivity contribution in [3.05, 3.63) is 54.0 Å². The number of amides is 2. The highest BCUT2D eigenvalue weighted by molar-refractivity contribution is 6.07. The molecule has 0 saturated carbocycles. The van der Waals surface area contributed by atoms with Crippen LogP contribution in [0.15, 0.2) is 42.7 Å². The molecule has 0 unspecified atom stereocenters. The standard InChI is InChI=1S/C19H23N5O3/c25-18(15-5-2-1-3-6-15)23-17-16(20-8-9-21-17)19(26)22-7-4-10-24-11-13-27-14-12-24/h1-3,5-6,8-9H,4,7,10-14H2,(H,22,26)(H,21,23,25). The van der Waals surface area contributed by atoms with Crippen molar-refractivity contribution in [2.75, 3.05) is 44.7 Å². The first-order chi connectivity index (χ1) is 13.2. The largest absolute Gasteiger partial charge is 0.379 e. The molecule has 0 radical (unpaired) electrons. The molecule has 8 nitrogen and oxygen atoms in total. The maximum absolute atomic E-state index is 12.4. The predicted octanol–water partition coefficient (Wildman–Crippen LogP) is 1.18. The summed E-state index contributed by atoms with van der Waals surface area (Å²) in [5.74, 6) is -0.539. The molecule has 1 fully saturated rings. The first kappa shape index (κ1) is 18.9. The molecule has 0 aliphatic carbocycles. The Labute approximate surface area is 158 Å². The number of ether oxygens (including phenoxy) is 1. The summed E-state index contributed by atoms with van der Waals surface area (Å²) >= 11 is 0. The molecule has 1 saturated heterocycles. The van der Waals surface area contributed by atoms with E-state index in [0.717, 1.165) is 39.3 Å². The summed E-state index contributed by atoms with van der Waals surface area (Å²) in [4.78, 5) is 35.2. The van der Waals surface area contributed by atoms with Crippen molar-refractivity contribution in [2.24, 2.45) is 0 Å². The van der Waals surface area contributed by atoms with E-state index in [0.29, 0.717) is 12.1 Å². The van der Waals surface area contributed by atoms with Crippen LogP contribution in [0.2, 0.25) is 0 Å². The second-order valence-electron chi connectivity index (χ2n) is 6.14. The number of nitrogens with zero attached hydrogens (tertiary/aromatic N) is 3. The van der Waals surface area contributed by atoms with Crippen molar-refractivity contribution < 1.29 is 14.3 Å². The number of rotatable bonds is 7. The number of aromatic nitrogens is 2. The molecule has 2 N–H and O–H groups in total. The molecule has 27 heavy (non-hydrogen) atoms. The highest BCUT2D eigenvalue weighted by Crippen LogP contribution is 2.10. The molecule has 0 spiro atoms. The summed E-state index contributed by atoms with van der Waals surface area (Å²) in [6.45, 7) is 4.80. The molecule has 0 atom stereocenters. The Morgan fingerprint density at radius 3 is 2.56 bits per heavy atom. The Morgan fingerprint density at radius 1 is 1.04 bits per heavy atom. The first-order valence-corrected chi connectivity index (χ1v) is 9.00. The van der Waals surface area contributed by atoms with E-state index >= 15 is 0 Å². The van der Waals surface area contributed by atoms with Crippen molar-refractivity contribution in [2.45, 2.75) is 6.42 Å². The number of morpholine rings is 1. The lowest BCUT2D eigenvalue weighted by Gasteiger charge is -2.26. The lowest BCUT2D eigenvalue weighted by molar-refractivity contribution is 0.0374. The highest BCUT2D eigenvalue weighted by atomic mass is 16.5. The number of benzene rings is 1. The van der Waals surface area contributed by atoms with E-state index in [1.54, 1.807) is 24.3 Å². The quantitative estimate of drug-likeness (QED) is 0.712. The lowest BCUT2D eigenvalue weighted by atomic mass is 10.2. The third-order valence-corrected chi connectivity index (χ3v) is 4.22. The maximum atomic E-state index is 12.4. The molecule has 1 aliphatic rings.